The SMILES string of the molecule is O=c1[nH]c2c(s1)[C@H](c1ccc(-c3ccccc3[N+](=O)[O-])o1)[C@H]1[C@@H]3CC[C@H](C3)[C@@H]1S2. The van der Waals surface area contributed by atoms with Crippen LogP contribution in [0.15, 0.2) is 50.6 Å². The van der Waals surface area contributed by atoms with Crippen molar-refractivity contribution in [3.63, 3.8) is 0 Å². The molecule has 0 radical (unpaired) electrons. The maximum atomic E-state index is 12.1. The van der Waals surface area contributed by atoms with E-state index in [0.717, 1.165) is 15.7 Å². The minimum atomic E-state index is -0.378. The number of nitro benzene ring substituents is 1. The molecule has 0 unspecified atom stereocenters. The number of hydrogen-bond donors (Lipinski definition) is 1. The van der Waals surface area contributed by atoms with Crippen molar-refractivity contribution < 1.29 is 9.34 Å². The van der Waals surface area contributed by atoms with E-state index in [2.05, 4.69) is 4.98 Å². The monoisotopic (exact) mass is 426 g/mol. The first-order valence-corrected chi connectivity index (χ1v) is 11.5. The molecule has 3 aliphatic rings. The van der Waals surface area contributed by atoms with Gasteiger partial charge in [0.1, 0.15) is 11.5 Å². The second-order valence-electron chi connectivity index (χ2n) is 8.15. The van der Waals surface area contributed by atoms with Gasteiger partial charge in [-0.05, 0) is 55.2 Å². The van der Waals surface area contributed by atoms with Crippen molar-refractivity contribution >= 4 is 28.8 Å². The van der Waals surface area contributed by atoms with Crippen molar-refractivity contribution in [1.29, 1.82) is 0 Å². The molecule has 29 heavy (non-hydrogen) atoms. The molecule has 5 atom stereocenters. The highest BCUT2D eigenvalue weighted by Gasteiger charge is 2.55. The lowest BCUT2D eigenvalue weighted by molar-refractivity contribution is -0.384. The lowest BCUT2D eigenvalue weighted by atomic mass is 9.77. The van der Waals surface area contributed by atoms with Crippen LogP contribution in [0.1, 0.15) is 35.8 Å². The summed E-state index contributed by atoms with van der Waals surface area (Å²) in [6.07, 6.45) is 3.78. The quantitative estimate of drug-likeness (QED) is 0.456. The number of fused-ring (bicyclic) bond motifs is 6. The number of benzene rings is 1. The number of hydrogen-bond acceptors (Lipinski definition) is 6. The van der Waals surface area contributed by atoms with Gasteiger partial charge in [-0.2, -0.15) is 0 Å². The van der Waals surface area contributed by atoms with Crippen molar-refractivity contribution in [3.8, 4) is 11.3 Å². The van der Waals surface area contributed by atoms with Gasteiger partial charge in [0.25, 0.3) is 5.69 Å². The van der Waals surface area contributed by atoms with E-state index in [1.165, 1.54) is 36.7 Å². The predicted molar refractivity (Wildman–Crippen MR) is 112 cm³/mol. The maximum absolute atomic E-state index is 12.1. The molecule has 6 rings (SSSR count). The van der Waals surface area contributed by atoms with Gasteiger partial charge in [-0.15, -0.1) is 11.8 Å². The molecule has 3 aromatic rings. The largest absolute Gasteiger partial charge is 0.460 e. The van der Waals surface area contributed by atoms with Gasteiger partial charge in [0.2, 0.25) is 0 Å². The third-order valence-corrected chi connectivity index (χ3v) is 9.39. The molecular formula is C21H18N2O4S2. The van der Waals surface area contributed by atoms with E-state index < -0.39 is 0 Å². The molecule has 1 aliphatic heterocycles. The first kappa shape index (κ1) is 17.5. The smallest absolute Gasteiger partial charge is 0.305 e. The first-order valence-electron chi connectivity index (χ1n) is 9.83. The summed E-state index contributed by atoms with van der Waals surface area (Å²) in [6, 6.07) is 10.4. The van der Waals surface area contributed by atoms with Crippen molar-refractivity contribution in [2.24, 2.45) is 17.8 Å². The molecule has 1 aromatic carbocycles. The van der Waals surface area contributed by atoms with Crippen LogP contribution in [0.25, 0.3) is 11.3 Å². The van der Waals surface area contributed by atoms with Gasteiger partial charge < -0.3 is 9.40 Å². The van der Waals surface area contributed by atoms with Crippen LogP contribution < -0.4 is 4.87 Å². The summed E-state index contributed by atoms with van der Waals surface area (Å²) in [5.74, 6) is 3.20. The highest BCUT2D eigenvalue weighted by Crippen LogP contribution is 2.63. The molecule has 8 heteroatoms. The van der Waals surface area contributed by atoms with Gasteiger partial charge in [0.05, 0.1) is 26.3 Å². The number of para-hydroxylation sites is 1. The first-order chi connectivity index (χ1) is 14.1. The van der Waals surface area contributed by atoms with Gasteiger partial charge >= 0.3 is 4.87 Å². The molecule has 148 valence electrons. The van der Waals surface area contributed by atoms with Gasteiger partial charge in [0, 0.05) is 11.3 Å². The number of nitro groups is 1. The Bertz CT molecular complexity index is 1180. The van der Waals surface area contributed by atoms with Crippen LogP contribution in [0.5, 0.6) is 0 Å². The Balaban J connectivity index is 1.47. The third kappa shape index (κ3) is 2.58. The molecule has 2 aliphatic carbocycles. The molecule has 0 amide bonds. The topological polar surface area (TPSA) is 89.1 Å². The number of H-pyrrole nitrogens is 1. The summed E-state index contributed by atoms with van der Waals surface area (Å²) in [5.41, 5.74) is 0.526. The van der Waals surface area contributed by atoms with Gasteiger partial charge in [-0.3, -0.25) is 14.9 Å². The van der Waals surface area contributed by atoms with Crippen molar-refractivity contribution in [1.82, 2.24) is 4.98 Å². The van der Waals surface area contributed by atoms with Crippen molar-refractivity contribution in [2.75, 3.05) is 0 Å². The zero-order valence-electron chi connectivity index (χ0n) is 15.4. The molecule has 2 saturated carbocycles. The molecule has 0 saturated heterocycles. The highest BCUT2D eigenvalue weighted by atomic mass is 32.2. The lowest BCUT2D eigenvalue weighted by Crippen LogP contribution is -2.33. The fraction of sp³-hybridized carbons (Fsp3) is 0.381. The van der Waals surface area contributed by atoms with Crippen LogP contribution in [0.3, 0.4) is 0 Å². The lowest BCUT2D eigenvalue weighted by Gasteiger charge is -2.38. The summed E-state index contributed by atoms with van der Waals surface area (Å²) >= 11 is 3.13. The van der Waals surface area contributed by atoms with Gasteiger partial charge in [-0.1, -0.05) is 23.5 Å². The number of aromatic nitrogens is 1. The number of thiazole rings is 1. The van der Waals surface area contributed by atoms with Crippen LogP contribution in [-0.4, -0.2) is 15.2 Å². The van der Waals surface area contributed by atoms with E-state index in [-0.39, 0.29) is 21.4 Å². The van der Waals surface area contributed by atoms with Crippen LogP contribution in [0, 0.1) is 27.9 Å². The zero-order valence-corrected chi connectivity index (χ0v) is 17.0. The highest BCUT2D eigenvalue weighted by molar-refractivity contribution is 8.00. The Labute approximate surface area is 174 Å². The van der Waals surface area contributed by atoms with Crippen LogP contribution in [0.2, 0.25) is 0 Å². The molecule has 2 fully saturated rings. The third-order valence-electron chi connectivity index (χ3n) is 6.76. The molecule has 2 aromatic heterocycles. The Kier molecular flexibility index (Phi) is 3.83. The minimum Gasteiger partial charge on any atom is -0.460 e. The Morgan fingerprint density at radius 1 is 1.14 bits per heavy atom. The summed E-state index contributed by atoms with van der Waals surface area (Å²) in [7, 11) is 0. The fourth-order valence-electron chi connectivity index (χ4n) is 5.67. The summed E-state index contributed by atoms with van der Waals surface area (Å²) in [5, 5.41) is 12.9. The maximum Gasteiger partial charge on any atom is 0.305 e. The second kappa shape index (κ2) is 6.34. The fourth-order valence-corrected chi connectivity index (χ4v) is 8.55. The van der Waals surface area contributed by atoms with Gasteiger partial charge in [0.15, 0.2) is 0 Å². The number of aromatic amines is 1. The Morgan fingerprint density at radius 2 is 1.97 bits per heavy atom. The molecular weight excluding hydrogens is 408 g/mol. The van der Waals surface area contributed by atoms with E-state index in [0.29, 0.717) is 34.3 Å². The van der Waals surface area contributed by atoms with Gasteiger partial charge in [-0.25, -0.2) is 0 Å². The summed E-state index contributed by atoms with van der Waals surface area (Å²) in [6.45, 7) is 0. The number of furan rings is 1. The van der Waals surface area contributed by atoms with E-state index in [1.54, 1.807) is 18.2 Å². The van der Waals surface area contributed by atoms with Crippen LogP contribution in [-0.2, 0) is 0 Å². The average Bonchev–Trinajstić information content (AvgIpc) is 3.49. The van der Waals surface area contributed by atoms with Crippen LogP contribution >= 0.6 is 23.1 Å². The number of thioether (sulfide) groups is 1. The van der Waals surface area contributed by atoms with Crippen molar-refractivity contribution in [3.05, 3.63) is 66.8 Å². The number of rotatable bonds is 3. The normalized spacial score (nSPS) is 29.6. The van der Waals surface area contributed by atoms with E-state index in [1.807, 2.05) is 23.9 Å². The van der Waals surface area contributed by atoms with Crippen LogP contribution in [0.4, 0.5) is 5.69 Å². The Hall–Kier alpha value is -2.32. The van der Waals surface area contributed by atoms with Crippen molar-refractivity contribution in [2.45, 2.75) is 35.5 Å². The zero-order chi connectivity index (χ0) is 19.7. The Morgan fingerprint density at radius 3 is 2.83 bits per heavy atom. The molecule has 0 spiro atoms. The standard InChI is InChI=1S/C21H18N2O4S2/c24-21-22-20-19(29-21)17(16-10-5-6-11(9-10)18(16)28-20)15-8-7-14(27-15)12-3-1-2-4-13(12)23(25)26/h1-4,7-8,10-11,16-18H,5-6,9H2,(H,22,24)/t10-,11-,16-,17-,18+/m1/s1. The number of nitrogens with zero attached hydrogens (tertiary/aromatic N) is 1. The predicted octanol–water partition coefficient (Wildman–Crippen LogP) is 5.26. The average molecular weight is 427 g/mol. The summed E-state index contributed by atoms with van der Waals surface area (Å²) < 4.78 is 6.26. The van der Waals surface area contributed by atoms with E-state index in [4.69, 9.17) is 4.42 Å². The molecule has 1 N–H and O–H groups in total. The molecule has 6 nitrogen and oxygen atoms in total. The molecule has 2 bridgehead atoms. The van der Waals surface area contributed by atoms with E-state index >= 15 is 0 Å². The summed E-state index contributed by atoms with van der Waals surface area (Å²) in [4.78, 5) is 27.2. The minimum absolute atomic E-state index is 0.0229. The molecule has 3 heterocycles. The number of nitrogens with one attached hydrogen (secondary N) is 1. The van der Waals surface area contributed by atoms with E-state index in [9.17, 15) is 14.9 Å². The second-order valence-corrected chi connectivity index (χ2v) is 10.4.